The van der Waals surface area contributed by atoms with E-state index in [0.29, 0.717) is 21.2 Å². The monoisotopic (exact) mass is 509 g/mol. The summed E-state index contributed by atoms with van der Waals surface area (Å²) in [5, 5.41) is 16.4. The van der Waals surface area contributed by atoms with Gasteiger partial charge in [-0.3, -0.25) is 9.59 Å². The molecular formula is C26H27N3O4S2. The van der Waals surface area contributed by atoms with E-state index in [2.05, 4.69) is 16.7 Å². The second-order valence-corrected chi connectivity index (χ2v) is 10.6. The summed E-state index contributed by atoms with van der Waals surface area (Å²) >= 11 is 2.56. The van der Waals surface area contributed by atoms with Crippen LogP contribution in [0.2, 0.25) is 0 Å². The summed E-state index contributed by atoms with van der Waals surface area (Å²) in [6.45, 7) is 4.00. The fourth-order valence-corrected chi connectivity index (χ4v) is 6.56. The van der Waals surface area contributed by atoms with Gasteiger partial charge in [0.25, 0.3) is 0 Å². The normalized spacial score (nSPS) is 17.3. The first-order valence-electron chi connectivity index (χ1n) is 11.7. The molecule has 1 aliphatic heterocycles. The van der Waals surface area contributed by atoms with Gasteiger partial charge in [-0.05, 0) is 50.7 Å². The minimum Gasteiger partial charge on any atom is -0.462 e. The van der Waals surface area contributed by atoms with Crippen molar-refractivity contribution in [2.24, 2.45) is 0 Å². The molecule has 182 valence electrons. The van der Waals surface area contributed by atoms with Gasteiger partial charge >= 0.3 is 5.97 Å². The van der Waals surface area contributed by atoms with Gasteiger partial charge < -0.3 is 15.4 Å². The molecule has 2 aromatic rings. The summed E-state index contributed by atoms with van der Waals surface area (Å²) in [6.07, 6.45) is 3.95. The standard InChI is InChI=1S/C26H27N3O4S2/c1-3-33-26(32)23-17-6-4-5-7-20(17)35-25(23)29-22(31)14-34-24-19(13-27)18(12-21(30)28-24)16-10-8-15(2)9-11-16/h8-11,18H,3-7,12,14H2,1-2H3,(H,28,30)(H,29,31). The molecule has 1 atom stereocenters. The van der Waals surface area contributed by atoms with E-state index >= 15 is 0 Å². The number of hydrogen-bond acceptors (Lipinski definition) is 7. The van der Waals surface area contributed by atoms with Crippen LogP contribution in [0.5, 0.6) is 0 Å². The van der Waals surface area contributed by atoms with Crippen molar-refractivity contribution < 1.29 is 19.1 Å². The number of rotatable bonds is 7. The van der Waals surface area contributed by atoms with Crippen molar-refractivity contribution in [2.45, 2.75) is 51.9 Å². The van der Waals surface area contributed by atoms with Gasteiger partial charge in [-0.1, -0.05) is 41.6 Å². The number of ether oxygens (including phenoxy) is 1. The van der Waals surface area contributed by atoms with Crippen LogP contribution in [-0.2, 0) is 27.2 Å². The van der Waals surface area contributed by atoms with E-state index in [-0.39, 0.29) is 36.5 Å². The van der Waals surface area contributed by atoms with Crippen LogP contribution >= 0.6 is 23.1 Å². The lowest BCUT2D eigenvalue weighted by atomic mass is 9.87. The maximum absolute atomic E-state index is 12.9. The van der Waals surface area contributed by atoms with Crippen LogP contribution in [0.4, 0.5) is 5.00 Å². The molecule has 2 aliphatic rings. The first kappa shape index (κ1) is 25.0. The van der Waals surface area contributed by atoms with Crippen LogP contribution in [0.3, 0.4) is 0 Å². The Labute approximate surface area is 212 Å². The van der Waals surface area contributed by atoms with Gasteiger partial charge in [-0.15, -0.1) is 11.3 Å². The summed E-state index contributed by atoms with van der Waals surface area (Å²) in [6, 6.07) is 10.0. The van der Waals surface area contributed by atoms with Crippen molar-refractivity contribution in [3.05, 3.63) is 62.0 Å². The number of nitrogens with zero attached hydrogens (tertiary/aromatic N) is 1. The number of hydrogen-bond donors (Lipinski definition) is 2. The topological polar surface area (TPSA) is 108 Å². The van der Waals surface area contributed by atoms with Crippen molar-refractivity contribution in [3.63, 3.8) is 0 Å². The molecule has 0 spiro atoms. The van der Waals surface area contributed by atoms with E-state index in [9.17, 15) is 19.6 Å². The lowest BCUT2D eigenvalue weighted by molar-refractivity contribution is -0.121. The molecule has 1 aliphatic carbocycles. The molecule has 0 saturated carbocycles. The third kappa shape index (κ3) is 5.60. The summed E-state index contributed by atoms with van der Waals surface area (Å²) in [5.41, 5.74) is 3.89. The fourth-order valence-electron chi connectivity index (χ4n) is 4.39. The minimum atomic E-state index is -0.412. The highest BCUT2D eigenvalue weighted by atomic mass is 32.2. The number of nitrogens with one attached hydrogen (secondary N) is 2. The van der Waals surface area contributed by atoms with Gasteiger partial charge in [0, 0.05) is 17.2 Å². The number of amides is 2. The molecule has 0 radical (unpaired) electrons. The third-order valence-corrected chi connectivity index (χ3v) is 8.31. The Bertz CT molecular complexity index is 1220. The summed E-state index contributed by atoms with van der Waals surface area (Å²) in [7, 11) is 0. The van der Waals surface area contributed by atoms with E-state index in [0.717, 1.165) is 59.0 Å². The van der Waals surface area contributed by atoms with Crippen molar-refractivity contribution in [3.8, 4) is 6.07 Å². The molecule has 35 heavy (non-hydrogen) atoms. The molecule has 1 aromatic carbocycles. The smallest absolute Gasteiger partial charge is 0.341 e. The van der Waals surface area contributed by atoms with E-state index < -0.39 is 5.97 Å². The zero-order valence-corrected chi connectivity index (χ0v) is 21.4. The first-order chi connectivity index (χ1) is 16.9. The molecule has 1 unspecified atom stereocenters. The Hall–Kier alpha value is -3.09. The SMILES string of the molecule is CCOC(=O)c1c(NC(=O)CSC2=C(C#N)C(c3ccc(C)cc3)CC(=O)N2)sc2c1CCCC2. The molecule has 2 amide bonds. The Balaban J connectivity index is 1.51. The highest BCUT2D eigenvalue weighted by Crippen LogP contribution is 2.39. The van der Waals surface area contributed by atoms with Crippen LogP contribution in [0, 0.1) is 18.3 Å². The lowest BCUT2D eigenvalue weighted by Crippen LogP contribution is -2.31. The van der Waals surface area contributed by atoms with Crippen LogP contribution in [-0.4, -0.2) is 30.1 Å². The predicted octanol–water partition coefficient (Wildman–Crippen LogP) is 4.82. The van der Waals surface area contributed by atoms with Crippen molar-refractivity contribution >= 4 is 45.9 Å². The Morgan fingerprint density at radius 2 is 2.00 bits per heavy atom. The van der Waals surface area contributed by atoms with E-state index in [1.807, 2.05) is 31.2 Å². The van der Waals surface area contributed by atoms with Gasteiger partial charge in [0.1, 0.15) is 5.00 Å². The molecule has 0 bridgehead atoms. The number of fused-ring (bicyclic) bond motifs is 1. The van der Waals surface area contributed by atoms with Crippen molar-refractivity contribution in [1.82, 2.24) is 5.32 Å². The Morgan fingerprint density at radius 1 is 1.26 bits per heavy atom. The maximum Gasteiger partial charge on any atom is 0.341 e. The predicted molar refractivity (Wildman–Crippen MR) is 137 cm³/mol. The highest BCUT2D eigenvalue weighted by molar-refractivity contribution is 8.03. The number of carbonyl (C=O) groups is 3. The zero-order chi connectivity index (χ0) is 24.9. The number of anilines is 1. The largest absolute Gasteiger partial charge is 0.462 e. The molecular weight excluding hydrogens is 482 g/mol. The van der Waals surface area contributed by atoms with Crippen LogP contribution in [0.1, 0.15) is 64.0 Å². The number of thiophene rings is 1. The third-order valence-electron chi connectivity index (χ3n) is 6.09. The summed E-state index contributed by atoms with van der Waals surface area (Å²) < 4.78 is 5.25. The number of nitriles is 1. The van der Waals surface area contributed by atoms with E-state index in [1.165, 1.54) is 11.3 Å². The Morgan fingerprint density at radius 3 is 2.71 bits per heavy atom. The average molecular weight is 510 g/mol. The number of carbonyl (C=O) groups excluding carboxylic acids is 3. The fraction of sp³-hybridized carbons (Fsp3) is 0.385. The maximum atomic E-state index is 12.9. The molecule has 1 aromatic heterocycles. The lowest BCUT2D eigenvalue weighted by Gasteiger charge is -2.25. The molecule has 0 saturated heterocycles. The molecule has 9 heteroatoms. The van der Waals surface area contributed by atoms with Gasteiger partial charge in [0.15, 0.2) is 0 Å². The quantitative estimate of drug-likeness (QED) is 0.518. The first-order valence-corrected chi connectivity index (χ1v) is 13.5. The molecule has 0 fully saturated rings. The molecule has 2 N–H and O–H groups in total. The number of thioether (sulfide) groups is 1. The van der Waals surface area contributed by atoms with Crippen LogP contribution < -0.4 is 10.6 Å². The van der Waals surface area contributed by atoms with Gasteiger partial charge in [-0.25, -0.2) is 4.79 Å². The summed E-state index contributed by atoms with van der Waals surface area (Å²) in [4.78, 5) is 39.0. The van der Waals surface area contributed by atoms with Gasteiger partial charge in [0.2, 0.25) is 11.8 Å². The van der Waals surface area contributed by atoms with Crippen LogP contribution in [0.25, 0.3) is 0 Å². The van der Waals surface area contributed by atoms with Gasteiger partial charge in [-0.2, -0.15) is 5.26 Å². The van der Waals surface area contributed by atoms with Gasteiger partial charge in [0.05, 0.1) is 34.6 Å². The highest BCUT2D eigenvalue weighted by Gasteiger charge is 2.31. The number of benzene rings is 1. The number of allylic oxidation sites excluding steroid dienone is 1. The molecule has 4 rings (SSSR count). The second kappa shape index (κ2) is 11.1. The van der Waals surface area contributed by atoms with Crippen LogP contribution in [0.15, 0.2) is 34.9 Å². The second-order valence-electron chi connectivity index (χ2n) is 8.54. The summed E-state index contributed by atoms with van der Waals surface area (Å²) in [5.74, 6) is -1.26. The minimum absolute atomic E-state index is 0.00770. The van der Waals surface area contributed by atoms with E-state index in [4.69, 9.17) is 4.74 Å². The van der Waals surface area contributed by atoms with Crippen molar-refractivity contribution in [2.75, 3.05) is 17.7 Å². The number of esters is 1. The number of aryl methyl sites for hydroxylation is 2. The zero-order valence-electron chi connectivity index (χ0n) is 19.7. The molecule has 2 heterocycles. The van der Waals surface area contributed by atoms with E-state index in [1.54, 1.807) is 6.92 Å². The van der Waals surface area contributed by atoms with Crippen molar-refractivity contribution in [1.29, 1.82) is 5.26 Å². The average Bonchev–Trinajstić information content (AvgIpc) is 3.20. The Kier molecular flexibility index (Phi) is 7.93. The molecule has 7 nitrogen and oxygen atoms in total.